The first-order chi connectivity index (χ1) is 13.6. The molecule has 1 aliphatic rings. The van der Waals surface area contributed by atoms with E-state index in [9.17, 15) is 9.59 Å². The molecule has 3 rings (SSSR count). The molecule has 4 nitrogen and oxygen atoms in total. The molecule has 150 valence electrons. The smallest absolute Gasteiger partial charge is 0.257 e. The van der Waals surface area contributed by atoms with E-state index in [0.717, 1.165) is 57.2 Å². The van der Waals surface area contributed by atoms with E-state index >= 15 is 0 Å². The number of benzene rings is 1. The Kier molecular flexibility index (Phi) is 7.13. The lowest BCUT2D eigenvalue weighted by atomic mass is 9.95. The summed E-state index contributed by atoms with van der Waals surface area (Å²) >= 11 is 7.74. The minimum absolute atomic E-state index is 0.0394. The molecule has 2 aromatic rings. The predicted octanol–water partition coefficient (Wildman–Crippen LogP) is 5.79. The zero-order valence-corrected chi connectivity index (χ0v) is 18.1. The number of aryl methyl sites for hydroxylation is 1. The van der Waals surface area contributed by atoms with Crippen LogP contribution in [0.25, 0.3) is 0 Å². The number of hydrogen-bond acceptors (Lipinski definition) is 3. The van der Waals surface area contributed by atoms with Crippen LogP contribution in [0.2, 0.25) is 5.02 Å². The Morgan fingerprint density at radius 1 is 1.11 bits per heavy atom. The Labute approximate surface area is 175 Å². The maximum absolute atomic E-state index is 13.4. The molecule has 0 bridgehead atoms. The minimum atomic E-state index is -0.268. The van der Waals surface area contributed by atoms with Crippen molar-refractivity contribution in [2.24, 2.45) is 0 Å². The maximum atomic E-state index is 13.4. The molecule has 6 heteroatoms. The second-order valence-corrected chi connectivity index (χ2v) is 8.65. The number of anilines is 1. The Hall–Kier alpha value is -1.85. The van der Waals surface area contributed by atoms with Crippen LogP contribution in [-0.4, -0.2) is 29.8 Å². The van der Waals surface area contributed by atoms with E-state index in [-0.39, 0.29) is 11.8 Å². The summed E-state index contributed by atoms with van der Waals surface area (Å²) in [7, 11) is 0. The number of carbonyl (C=O) groups is 2. The van der Waals surface area contributed by atoms with Crippen LogP contribution in [0.4, 0.5) is 5.00 Å². The Balaban J connectivity index is 1.97. The zero-order valence-electron chi connectivity index (χ0n) is 16.5. The second kappa shape index (κ2) is 9.57. The van der Waals surface area contributed by atoms with Gasteiger partial charge in [-0.3, -0.25) is 9.59 Å². The van der Waals surface area contributed by atoms with Crippen LogP contribution >= 0.6 is 22.9 Å². The number of amides is 2. The average Bonchev–Trinajstić information content (AvgIpc) is 3.05. The van der Waals surface area contributed by atoms with E-state index in [1.54, 1.807) is 35.6 Å². The van der Waals surface area contributed by atoms with E-state index in [1.165, 1.54) is 4.88 Å². The van der Waals surface area contributed by atoms with Crippen molar-refractivity contribution < 1.29 is 9.59 Å². The third kappa shape index (κ3) is 4.41. The third-order valence-electron chi connectivity index (χ3n) is 5.00. The van der Waals surface area contributed by atoms with Crippen LogP contribution in [-0.2, 0) is 12.8 Å². The number of hydrogen-bond donors (Lipinski definition) is 1. The van der Waals surface area contributed by atoms with Gasteiger partial charge in [0.1, 0.15) is 5.00 Å². The number of halogens is 1. The van der Waals surface area contributed by atoms with E-state index in [1.807, 2.05) is 4.90 Å². The van der Waals surface area contributed by atoms with Gasteiger partial charge in [-0.2, -0.15) is 0 Å². The quantitative estimate of drug-likeness (QED) is 0.618. The van der Waals surface area contributed by atoms with Gasteiger partial charge in [-0.25, -0.2) is 0 Å². The fourth-order valence-corrected chi connectivity index (χ4v) is 5.21. The molecular formula is C22H27ClN2O2S. The molecule has 0 saturated carbocycles. The number of nitrogens with one attached hydrogen (secondary N) is 1. The summed E-state index contributed by atoms with van der Waals surface area (Å²) in [4.78, 5) is 29.4. The Bertz CT molecular complexity index is 856. The van der Waals surface area contributed by atoms with Crippen molar-refractivity contribution >= 4 is 39.8 Å². The van der Waals surface area contributed by atoms with E-state index in [4.69, 9.17) is 11.6 Å². The molecule has 28 heavy (non-hydrogen) atoms. The van der Waals surface area contributed by atoms with E-state index in [0.29, 0.717) is 21.2 Å². The SMILES string of the molecule is CCCN(CCC)C(=O)c1c(NC(=O)c2ccccc2Cl)sc2c1CCCC2. The summed E-state index contributed by atoms with van der Waals surface area (Å²) in [5.74, 6) is -0.228. The van der Waals surface area contributed by atoms with Gasteiger partial charge in [0, 0.05) is 18.0 Å². The fourth-order valence-electron chi connectivity index (χ4n) is 3.71. The lowest BCUT2D eigenvalue weighted by Gasteiger charge is -2.23. The first-order valence-electron chi connectivity index (χ1n) is 10.1. The van der Waals surface area contributed by atoms with Gasteiger partial charge in [0.2, 0.25) is 0 Å². The van der Waals surface area contributed by atoms with Crippen LogP contribution in [0.1, 0.15) is 70.7 Å². The molecular weight excluding hydrogens is 392 g/mol. The van der Waals surface area contributed by atoms with Gasteiger partial charge in [0.05, 0.1) is 16.1 Å². The van der Waals surface area contributed by atoms with Gasteiger partial charge in [-0.15, -0.1) is 11.3 Å². The third-order valence-corrected chi connectivity index (χ3v) is 6.54. The summed E-state index contributed by atoms with van der Waals surface area (Å²) in [6.45, 7) is 5.63. The van der Waals surface area contributed by atoms with Gasteiger partial charge in [0.25, 0.3) is 11.8 Å². The van der Waals surface area contributed by atoms with Crippen molar-refractivity contribution in [3.8, 4) is 0 Å². The predicted molar refractivity (Wildman–Crippen MR) is 117 cm³/mol. The zero-order chi connectivity index (χ0) is 20.1. The van der Waals surface area contributed by atoms with Crippen LogP contribution in [0.15, 0.2) is 24.3 Å². The molecule has 1 aliphatic carbocycles. The molecule has 0 unspecified atom stereocenters. The molecule has 2 amide bonds. The monoisotopic (exact) mass is 418 g/mol. The summed E-state index contributed by atoms with van der Waals surface area (Å²) in [5, 5.41) is 4.07. The molecule has 0 aliphatic heterocycles. The second-order valence-electron chi connectivity index (χ2n) is 7.14. The summed E-state index contributed by atoms with van der Waals surface area (Å²) in [6.07, 6.45) is 5.93. The largest absolute Gasteiger partial charge is 0.339 e. The van der Waals surface area contributed by atoms with Crippen molar-refractivity contribution in [3.05, 3.63) is 50.9 Å². The molecule has 0 radical (unpaired) electrons. The number of thiophene rings is 1. The van der Waals surface area contributed by atoms with Crippen molar-refractivity contribution in [1.29, 1.82) is 0 Å². The van der Waals surface area contributed by atoms with Crippen molar-refractivity contribution in [2.45, 2.75) is 52.4 Å². The maximum Gasteiger partial charge on any atom is 0.257 e. The van der Waals surface area contributed by atoms with Crippen molar-refractivity contribution in [2.75, 3.05) is 18.4 Å². The molecule has 1 aromatic carbocycles. The summed E-state index contributed by atoms with van der Waals surface area (Å²) in [5.41, 5.74) is 2.25. The van der Waals surface area contributed by atoms with Crippen molar-refractivity contribution in [3.63, 3.8) is 0 Å². The molecule has 0 fully saturated rings. The molecule has 1 aromatic heterocycles. The normalized spacial score (nSPS) is 13.1. The number of fused-ring (bicyclic) bond motifs is 1. The summed E-state index contributed by atoms with van der Waals surface area (Å²) in [6, 6.07) is 6.99. The van der Waals surface area contributed by atoms with E-state index < -0.39 is 0 Å². The number of carbonyl (C=O) groups excluding carboxylic acids is 2. The summed E-state index contributed by atoms with van der Waals surface area (Å²) < 4.78 is 0. The van der Waals surface area contributed by atoms with Crippen LogP contribution in [0, 0.1) is 0 Å². The lowest BCUT2D eigenvalue weighted by molar-refractivity contribution is 0.0755. The lowest BCUT2D eigenvalue weighted by Crippen LogP contribution is -2.33. The standard InChI is InChI=1S/C22H27ClN2O2S/c1-3-13-25(14-4-2)22(27)19-16-10-6-8-12-18(16)28-21(19)24-20(26)15-9-5-7-11-17(15)23/h5,7,9,11H,3-4,6,8,10,12-14H2,1-2H3,(H,24,26). The fraction of sp³-hybridized carbons (Fsp3) is 0.455. The number of rotatable bonds is 7. The average molecular weight is 419 g/mol. The highest BCUT2D eigenvalue weighted by molar-refractivity contribution is 7.17. The highest BCUT2D eigenvalue weighted by atomic mass is 35.5. The first-order valence-corrected chi connectivity index (χ1v) is 11.3. The molecule has 0 atom stereocenters. The van der Waals surface area contributed by atoms with Crippen LogP contribution in [0.3, 0.4) is 0 Å². The van der Waals surface area contributed by atoms with Crippen LogP contribution < -0.4 is 5.32 Å². The molecule has 0 saturated heterocycles. The van der Waals surface area contributed by atoms with E-state index in [2.05, 4.69) is 19.2 Å². The van der Waals surface area contributed by atoms with Crippen molar-refractivity contribution in [1.82, 2.24) is 4.90 Å². The Morgan fingerprint density at radius 3 is 2.46 bits per heavy atom. The van der Waals surface area contributed by atoms with Gasteiger partial charge in [-0.05, 0) is 56.2 Å². The Morgan fingerprint density at radius 2 is 1.79 bits per heavy atom. The molecule has 1 heterocycles. The molecule has 0 spiro atoms. The van der Waals surface area contributed by atoms with Crippen LogP contribution in [0.5, 0.6) is 0 Å². The van der Waals surface area contributed by atoms with Gasteiger partial charge >= 0.3 is 0 Å². The first kappa shape index (κ1) is 20.9. The number of nitrogens with zero attached hydrogens (tertiary/aromatic N) is 1. The van der Waals surface area contributed by atoms with Gasteiger partial charge in [0.15, 0.2) is 0 Å². The minimum Gasteiger partial charge on any atom is -0.339 e. The topological polar surface area (TPSA) is 49.4 Å². The highest BCUT2D eigenvalue weighted by Crippen LogP contribution is 2.39. The van der Waals surface area contributed by atoms with Gasteiger partial charge in [-0.1, -0.05) is 37.6 Å². The molecule has 1 N–H and O–H groups in total. The van der Waals surface area contributed by atoms with Gasteiger partial charge < -0.3 is 10.2 Å². The highest BCUT2D eigenvalue weighted by Gasteiger charge is 2.29.